The summed E-state index contributed by atoms with van der Waals surface area (Å²) in [6.07, 6.45) is 20.0. The molecular formula is C97H121Cl4F4NO15. The number of carbonyl (C=O) groups excluding carboxylic acids is 4. The van der Waals surface area contributed by atoms with Gasteiger partial charge in [-0.1, -0.05) is 203 Å². The lowest BCUT2D eigenvalue weighted by Crippen LogP contribution is -2.26. The minimum Gasteiger partial charge on any atom is -0.504 e. The second-order valence-electron chi connectivity index (χ2n) is 27.6. The fourth-order valence-corrected chi connectivity index (χ4v) is 12.3. The van der Waals surface area contributed by atoms with Crippen molar-refractivity contribution >= 4 is 87.9 Å². The van der Waals surface area contributed by atoms with Crippen molar-refractivity contribution in [3.63, 3.8) is 0 Å². The molecule has 0 aliphatic carbocycles. The minimum absolute atomic E-state index is 0.00776. The molecule has 0 saturated carbocycles. The monoisotopic (exact) mass is 1760 g/mol. The number of carboxylic acid groups (broad SMARTS) is 1. The second-order valence-corrected chi connectivity index (χ2v) is 29.2. The number of benzene rings is 8. The van der Waals surface area contributed by atoms with Crippen molar-refractivity contribution < 1.29 is 84.6 Å². The number of aryl methyl sites for hydroxylation is 4. The predicted octanol–water partition coefficient (Wildman–Crippen LogP) is 24.9. The van der Waals surface area contributed by atoms with E-state index in [0.717, 1.165) is 60.8 Å². The van der Waals surface area contributed by atoms with E-state index in [1.807, 2.05) is 84.9 Å². The van der Waals surface area contributed by atoms with E-state index in [-0.39, 0.29) is 70.2 Å². The lowest BCUT2D eigenvalue weighted by molar-refractivity contribution is -0.137. The van der Waals surface area contributed by atoms with Crippen LogP contribution in [0.2, 0.25) is 0 Å². The first-order chi connectivity index (χ1) is 58.4. The summed E-state index contributed by atoms with van der Waals surface area (Å²) < 4.78 is 92.6. The molecule has 8 aromatic carbocycles. The molecule has 1 aromatic heterocycles. The van der Waals surface area contributed by atoms with Gasteiger partial charge in [-0.15, -0.1) is 46.4 Å². The van der Waals surface area contributed by atoms with Crippen LogP contribution in [0.5, 0.6) is 40.2 Å². The van der Waals surface area contributed by atoms with Gasteiger partial charge in [-0.25, -0.2) is 4.79 Å². The van der Waals surface area contributed by atoms with Gasteiger partial charge in [0.15, 0.2) is 58.4 Å². The third-order valence-corrected chi connectivity index (χ3v) is 19.4. The Labute approximate surface area is 732 Å². The van der Waals surface area contributed by atoms with Gasteiger partial charge in [-0.2, -0.15) is 17.6 Å². The highest BCUT2D eigenvalue weighted by Gasteiger charge is 2.33. The number of nitrogens with zero attached hydrogens (tertiary/aromatic N) is 1. The molecule has 660 valence electrons. The maximum Gasteiger partial charge on any atom is 0.344 e. The molecule has 0 saturated heterocycles. The first-order valence-corrected chi connectivity index (χ1v) is 43.9. The van der Waals surface area contributed by atoms with Crippen LogP contribution in [-0.4, -0.2) is 109 Å². The van der Waals surface area contributed by atoms with E-state index in [2.05, 4.69) is 65.5 Å². The highest BCUT2D eigenvalue weighted by atomic mass is 35.5. The average molecular weight is 1760 g/mol. The number of fused-ring (bicyclic) bond motifs is 2. The number of aldehydes is 2. The van der Waals surface area contributed by atoms with E-state index in [1.165, 1.54) is 130 Å². The molecule has 121 heavy (non-hydrogen) atoms. The van der Waals surface area contributed by atoms with Gasteiger partial charge in [0.1, 0.15) is 0 Å². The number of hydrogen-bond acceptors (Lipinski definition) is 15. The van der Waals surface area contributed by atoms with Crippen LogP contribution in [0.15, 0.2) is 161 Å². The first kappa shape index (κ1) is 106. The van der Waals surface area contributed by atoms with E-state index in [0.29, 0.717) is 67.1 Å². The maximum absolute atomic E-state index is 14.4. The predicted molar refractivity (Wildman–Crippen MR) is 481 cm³/mol. The second kappa shape index (κ2) is 61.8. The Bertz CT molecular complexity index is 4540. The Morgan fingerprint density at radius 2 is 0.868 bits per heavy atom. The Balaban J connectivity index is 0.000000383. The summed E-state index contributed by atoms with van der Waals surface area (Å²) in [4.78, 5) is 71.3. The fourth-order valence-electron chi connectivity index (χ4n) is 12.3. The normalized spacial score (nSPS) is 11.5. The van der Waals surface area contributed by atoms with E-state index in [1.54, 1.807) is 58.0 Å². The molecule has 0 amide bonds. The topological polar surface area (TPSA) is 215 Å². The lowest BCUT2D eigenvalue weighted by Gasteiger charge is -2.24. The van der Waals surface area contributed by atoms with Crippen molar-refractivity contribution in [2.45, 2.75) is 204 Å². The van der Waals surface area contributed by atoms with Crippen molar-refractivity contribution in [1.82, 2.24) is 4.90 Å². The van der Waals surface area contributed by atoms with Crippen LogP contribution in [0.3, 0.4) is 0 Å². The molecule has 1 aliphatic heterocycles. The standard InChI is InChI=1S/C22H25FO4.C22H25FO3.C22H23FO3.C13H18O2.C9H9FO3.C6H15N.C2H4Cl2.CH2Cl2/c1-3-5-6-7-16-8-10-17(11-9-16)14-20(25)27-22-18(15-24)12-13-19(21(22)23)26-4-2;2*1-3-5-6-7-15-8-10-16(11-9-15)18-14-17-12-13-19(25-4-2)20(23)21(17)26-22(18)24;1-2-3-4-5-11-6-8-12(9-7-11)10-13(14)15;1-2-13-7-4-3-6(5-11)9(12)8(7)10;1-4-7(5-2)6-3;3-1-2-4;2-1-3/h8-13,15H,3-7,14H2,1-2H3;8-13,18H,3-7,14H2,1-2H3;8-14H,3-7H2,1-2H3;6-9H,2-5,10H2,1H3,(H,14,15);3-5,12H,2H2,1H3;4-6H2,1-3H3;1-2H2;1H2. The number of halogens is 8. The number of phenols is 1. The van der Waals surface area contributed by atoms with Gasteiger partial charge < -0.3 is 48.0 Å². The molecule has 1 atom stereocenters. The molecular weight excluding hydrogens is 1640 g/mol. The molecule has 9 aromatic rings. The van der Waals surface area contributed by atoms with Gasteiger partial charge in [0.2, 0.25) is 23.3 Å². The van der Waals surface area contributed by atoms with E-state index < -0.39 is 64.2 Å². The largest absolute Gasteiger partial charge is 0.504 e. The van der Waals surface area contributed by atoms with Crippen LogP contribution in [-0.2, 0) is 59.3 Å². The van der Waals surface area contributed by atoms with Crippen molar-refractivity contribution in [1.29, 1.82) is 0 Å². The Morgan fingerprint density at radius 3 is 1.28 bits per heavy atom. The van der Waals surface area contributed by atoms with Gasteiger partial charge in [0, 0.05) is 17.1 Å². The van der Waals surface area contributed by atoms with E-state index in [4.69, 9.17) is 89.5 Å². The number of unbranched alkanes of at least 4 members (excludes halogenated alkanes) is 8. The lowest BCUT2D eigenvalue weighted by atomic mass is 9.89. The van der Waals surface area contributed by atoms with Crippen LogP contribution in [0.4, 0.5) is 17.6 Å². The number of alkyl halides is 4. The molecule has 1 unspecified atom stereocenters. The van der Waals surface area contributed by atoms with Crippen molar-refractivity contribution in [2.75, 3.05) is 63.2 Å². The summed E-state index contributed by atoms with van der Waals surface area (Å²) in [6.45, 7) is 27.1. The zero-order valence-electron chi connectivity index (χ0n) is 71.8. The zero-order chi connectivity index (χ0) is 89.4. The highest BCUT2D eigenvalue weighted by Crippen LogP contribution is 2.40. The fraction of sp³-hybridized carbons (Fsp3) is 0.423. The molecule has 2 heterocycles. The Kier molecular flexibility index (Phi) is 54.0. The maximum atomic E-state index is 14.4. The van der Waals surface area contributed by atoms with Gasteiger partial charge in [-0.05, 0) is 204 Å². The molecule has 0 bridgehead atoms. The summed E-state index contributed by atoms with van der Waals surface area (Å²) in [7, 11) is 0. The summed E-state index contributed by atoms with van der Waals surface area (Å²) in [5, 5.41) is 18.5. The van der Waals surface area contributed by atoms with Gasteiger partial charge in [0.05, 0.1) is 67.2 Å². The quantitative estimate of drug-likeness (QED) is 0.00704. The number of carboxylic acids is 1. The number of phenolic OH excluding ortho intramolecular Hbond substituents is 1. The number of carbonyl (C=O) groups is 5. The highest BCUT2D eigenvalue weighted by molar-refractivity contribution is 6.40. The molecule has 2 N–H and O–H groups in total. The third-order valence-electron chi connectivity index (χ3n) is 18.8. The van der Waals surface area contributed by atoms with Crippen LogP contribution >= 0.6 is 46.4 Å². The van der Waals surface area contributed by atoms with E-state index >= 15 is 0 Å². The summed E-state index contributed by atoms with van der Waals surface area (Å²) in [5.74, 6) is -5.02. The Morgan fingerprint density at radius 1 is 0.479 bits per heavy atom. The van der Waals surface area contributed by atoms with E-state index in [9.17, 15) is 46.3 Å². The van der Waals surface area contributed by atoms with Crippen LogP contribution in [0.1, 0.15) is 224 Å². The molecule has 0 fully saturated rings. The van der Waals surface area contributed by atoms with Crippen molar-refractivity contribution in [3.8, 4) is 51.4 Å². The molecule has 0 spiro atoms. The summed E-state index contributed by atoms with van der Waals surface area (Å²) in [6, 6.07) is 45.3. The average Bonchev–Trinajstić information content (AvgIpc) is 0.784. The smallest absolute Gasteiger partial charge is 0.344 e. The number of rotatable bonds is 37. The van der Waals surface area contributed by atoms with Crippen LogP contribution < -0.4 is 34.0 Å². The molecule has 16 nitrogen and oxygen atoms in total. The van der Waals surface area contributed by atoms with Gasteiger partial charge in [0.25, 0.3) is 0 Å². The number of esters is 2. The molecule has 10 rings (SSSR count). The van der Waals surface area contributed by atoms with Crippen LogP contribution in [0.25, 0.3) is 22.1 Å². The van der Waals surface area contributed by atoms with Crippen LogP contribution in [0, 0.1) is 23.3 Å². The molecule has 1 aliphatic rings. The van der Waals surface area contributed by atoms with Gasteiger partial charge >= 0.3 is 23.5 Å². The number of aliphatic carboxylic acids is 1. The number of hydrogen-bond donors (Lipinski definition) is 2. The number of aromatic hydroxyl groups is 1. The Hall–Kier alpha value is -9.44. The zero-order valence-corrected chi connectivity index (χ0v) is 74.9. The molecule has 24 heteroatoms. The van der Waals surface area contributed by atoms with Crippen molar-refractivity contribution in [2.24, 2.45) is 0 Å². The summed E-state index contributed by atoms with van der Waals surface area (Å²) >= 11 is 19.6. The minimum atomic E-state index is -0.897. The number of ether oxygens (including phenoxy) is 6. The first-order valence-electron chi connectivity index (χ1n) is 41.7. The summed E-state index contributed by atoms with van der Waals surface area (Å²) in [5.41, 5.74) is 8.78. The van der Waals surface area contributed by atoms with Gasteiger partial charge in [-0.3, -0.25) is 24.0 Å². The van der Waals surface area contributed by atoms with Crippen molar-refractivity contribution in [3.05, 3.63) is 241 Å². The SMILES string of the molecule is CCCCCc1ccc(-c2cc3ccc(OCC)c(F)c3oc2=O)cc1.CCCCCc1ccc(C2Cc3ccc(OCC)c(F)c3OC2=O)cc1.CCCCCc1ccc(CC(=O)O)cc1.CCCCCc1ccc(CC(=O)Oc2c(C=O)ccc(OCC)c2F)cc1.CCN(CC)CC.CCOc1ccc(C=O)c(O)c1F.ClCCCl.ClCCl. The molecule has 0 radical (unpaired) electrons. The third kappa shape index (κ3) is 37.8.